The molecule has 0 aromatic heterocycles. The van der Waals surface area contributed by atoms with Gasteiger partial charge in [0.1, 0.15) is 0 Å². The monoisotopic (exact) mass is 298 g/mol. The molecule has 0 saturated carbocycles. The van der Waals surface area contributed by atoms with Crippen molar-refractivity contribution < 1.29 is 10.2 Å². The summed E-state index contributed by atoms with van der Waals surface area (Å²) in [5.74, 6) is -0.262. The van der Waals surface area contributed by atoms with Crippen LogP contribution < -0.4 is 11.5 Å². The lowest BCUT2D eigenvalue weighted by atomic mass is 10.0. The standard InChI is InChI=1S/C13H12Cl2N2O2/c14-8-2-6(4-10(16)12(8)18)1-7-3-9(15)13(19)11(17)5-7/h2-5,18-19H,1,16-17H2. The van der Waals surface area contributed by atoms with Gasteiger partial charge in [0, 0.05) is 0 Å². The van der Waals surface area contributed by atoms with Crippen LogP contribution in [0, 0.1) is 0 Å². The summed E-state index contributed by atoms with van der Waals surface area (Å²) in [5.41, 5.74) is 13.3. The minimum atomic E-state index is -0.131. The van der Waals surface area contributed by atoms with Gasteiger partial charge in [-0.3, -0.25) is 0 Å². The van der Waals surface area contributed by atoms with Crippen LogP contribution in [0.4, 0.5) is 11.4 Å². The normalized spacial score (nSPS) is 10.6. The minimum absolute atomic E-state index is 0.131. The van der Waals surface area contributed by atoms with E-state index in [0.717, 1.165) is 11.1 Å². The smallest absolute Gasteiger partial charge is 0.157 e. The Balaban J connectivity index is 2.36. The largest absolute Gasteiger partial charge is 0.504 e. The lowest BCUT2D eigenvalue weighted by molar-refractivity contribution is 0.478. The summed E-state index contributed by atoms with van der Waals surface area (Å²) in [6, 6.07) is 6.48. The number of hydrogen-bond acceptors (Lipinski definition) is 4. The summed E-state index contributed by atoms with van der Waals surface area (Å²) in [4.78, 5) is 0. The highest BCUT2D eigenvalue weighted by Gasteiger charge is 2.09. The second kappa shape index (κ2) is 5.07. The van der Waals surface area contributed by atoms with Crippen LogP contribution in [0.25, 0.3) is 0 Å². The second-order valence-corrected chi connectivity index (χ2v) is 5.02. The van der Waals surface area contributed by atoms with Crippen LogP contribution in [0.5, 0.6) is 11.5 Å². The highest BCUT2D eigenvalue weighted by atomic mass is 35.5. The first-order chi connectivity index (χ1) is 8.88. The first-order valence-corrected chi connectivity index (χ1v) is 6.17. The Hall–Kier alpha value is -1.78. The molecule has 2 aromatic carbocycles. The van der Waals surface area contributed by atoms with E-state index in [4.69, 9.17) is 34.7 Å². The molecule has 100 valence electrons. The number of phenols is 2. The van der Waals surface area contributed by atoms with Gasteiger partial charge >= 0.3 is 0 Å². The van der Waals surface area contributed by atoms with Crippen LogP contribution in [-0.4, -0.2) is 10.2 Å². The molecule has 0 bridgehead atoms. The number of rotatable bonds is 2. The van der Waals surface area contributed by atoms with E-state index < -0.39 is 0 Å². The summed E-state index contributed by atoms with van der Waals surface area (Å²) in [7, 11) is 0. The SMILES string of the molecule is Nc1cc(Cc2cc(N)c(O)c(Cl)c2)cc(Cl)c1O. The maximum atomic E-state index is 9.49. The van der Waals surface area contributed by atoms with Gasteiger partial charge in [-0.15, -0.1) is 0 Å². The molecule has 4 nitrogen and oxygen atoms in total. The second-order valence-electron chi connectivity index (χ2n) is 4.21. The van der Waals surface area contributed by atoms with Crippen molar-refractivity contribution in [2.24, 2.45) is 0 Å². The summed E-state index contributed by atoms with van der Waals surface area (Å²) < 4.78 is 0. The van der Waals surface area contributed by atoms with Crippen molar-refractivity contribution in [2.45, 2.75) is 6.42 Å². The van der Waals surface area contributed by atoms with E-state index in [1.807, 2.05) is 0 Å². The topological polar surface area (TPSA) is 92.5 Å². The van der Waals surface area contributed by atoms with Crippen molar-refractivity contribution >= 4 is 34.6 Å². The van der Waals surface area contributed by atoms with Crippen LogP contribution in [-0.2, 0) is 6.42 Å². The quantitative estimate of drug-likeness (QED) is 0.506. The molecule has 0 atom stereocenters. The predicted molar refractivity (Wildman–Crippen MR) is 77.9 cm³/mol. The highest BCUT2D eigenvalue weighted by molar-refractivity contribution is 6.33. The van der Waals surface area contributed by atoms with E-state index in [1.165, 1.54) is 0 Å². The van der Waals surface area contributed by atoms with Crippen LogP contribution in [0.1, 0.15) is 11.1 Å². The fourth-order valence-corrected chi connectivity index (χ4v) is 2.30. The molecule has 0 fully saturated rings. The number of phenolic OH excluding ortho intramolecular Hbond substituents is 2. The van der Waals surface area contributed by atoms with Crippen molar-refractivity contribution in [1.82, 2.24) is 0 Å². The van der Waals surface area contributed by atoms with Gasteiger partial charge in [0.15, 0.2) is 11.5 Å². The lowest BCUT2D eigenvalue weighted by Crippen LogP contribution is -1.95. The maximum Gasteiger partial charge on any atom is 0.157 e. The predicted octanol–water partition coefficient (Wildman–Crippen LogP) is 3.16. The van der Waals surface area contributed by atoms with Gasteiger partial charge in [-0.2, -0.15) is 0 Å². The Morgan fingerprint density at radius 3 is 1.47 bits per heavy atom. The molecular weight excluding hydrogens is 287 g/mol. The van der Waals surface area contributed by atoms with Crippen molar-refractivity contribution in [3.63, 3.8) is 0 Å². The zero-order chi connectivity index (χ0) is 14.2. The molecule has 2 rings (SSSR count). The molecule has 0 aliphatic heterocycles. The van der Waals surface area contributed by atoms with Gasteiger partial charge in [0.25, 0.3) is 0 Å². The third-order valence-corrected chi connectivity index (χ3v) is 3.29. The van der Waals surface area contributed by atoms with Crippen molar-refractivity contribution in [1.29, 1.82) is 0 Å². The first kappa shape index (κ1) is 13.6. The minimum Gasteiger partial charge on any atom is -0.504 e. The molecule has 0 spiro atoms. The van der Waals surface area contributed by atoms with Gasteiger partial charge in [0.2, 0.25) is 0 Å². The molecule has 0 heterocycles. The number of benzene rings is 2. The highest BCUT2D eigenvalue weighted by Crippen LogP contribution is 2.34. The number of halogens is 2. The molecule has 0 radical (unpaired) electrons. The molecule has 0 aliphatic rings. The average molecular weight is 299 g/mol. The molecule has 19 heavy (non-hydrogen) atoms. The number of nitrogens with two attached hydrogens (primary N) is 2. The number of nitrogen functional groups attached to an aromatic ring is 2. The Kier molecular flexibility index (Phi) is 3.64. The van der Waals surface area contributed by atoms with Gasteiger partial charge in [-0.1, -0.05) is 23.2 Å². The third kappa shape index (κ3) is 2.80. The fourth-order valence-electron chi connectivity index (χ4n) is 1.80. The van der Waals surface area contributed by atoms with Crippen molar-refractivity contribution in [2.75, 3.05) is 11.5 Å². The maximum absolute atomic E-state index is 9.49. The summed E-state index contributed by atoms with van der Waals surface area (Å²) in [6.07, 6.45) is 0.481. The van der Waals surface area contributed by atoms with Crippen LogP contribution in [0.2, 0.25) is 10.0 Å². The Labute approximate surface area is 120 Å². The van der Waals surface area contributed by atoms with Crippen LogP contribution in [0.15, 0.2) is 24.3 Å². The molecule has 6 heteroatoms. The van der Waals surface area contributed by atoms with E-state index in [-0.39, 0.29) is 32.9 Å². The average Bonchev–Trinajstić information content (AvgIpc) is 2.33. The molecule has 0 unspecified atom stereocenters. The Morgan fingerprint density at radius 1 is 0.789 bits per heavy atom. The first-order valence-electron chi connectivity index (χ1n) is 5.42. The van der Waals surface area contributed by atoms with Crippen molar-refractivity contribution in [3.8, 4) is 11.5 Å². The number of aromatic hydroxyl groups is 2. The summed E-state index contributed by atoms with van der Waals surface area (Å²) in [5, 5.41) is 19.4. The van der Waals surface area contributed by atoms with Crippen molar-refractivity contribution in [3.05, 3.63) is 45.4 Å². The van der Waals surface area contributed by atoms with Gasteiger partial charge in [-0.05, 0) is 41.8 Å². The van der Waals surface area contributed by atoms with Gasteiger partial charge in [-0.25, -0.2) is 0 Å². The van der Waals surface area contributed by atoms with E-state index in [9.17, 15) is 10.2 Å². The van der Waals surface area contributed by atoms with Gasteiger partial charge < -0.3 is 21.7 Å². The Morgan fingerprint density at radius 2 is 1.16 bits per heavy atom. The number of anilines is 2. The van der Waals surface area contributed by atoms with E-state index in [1.54, 1.807) is 24.3 Å². The van der Waals surface area contributed by atoms with E-state index in [0.29, 0.717) is 6.42 Å². The molecule has 0 saturated heterocycles. The fraction of sp³-hybridized carbons (Fsp3) is 0.0769. The van der Waals surface area contributed by atoms with E-state index in [2.05, 4.69) is 0 Å². The number of hydrogen-bond donors (Lipinski definition) is 4. The molecular formula is C13H12Cl2N2O2. The Bertz CT molecular complexity index is 543. The lowest BCUT2D eigenvalue weighted by Gasteiger charge is -2.09. The zero-order valence-electron chi connectivity index (χ0n) is 9.82. The zero-order valence-corrected chi connectivity index (χ0v) is 11.3. The summed E-state index contributed by atoms with van der Waals surface area (Å²) >= 11 is 11.7. The van der Waals surface area contributed by atoms with Crippen LogP contribution in [0.3, 0.4) is 0 Å². The van der Waals surface area contributed by atoms with Gasteiger partial charge in [0.05, 0.1) is 21.4 Å². The molecule has 0 amide bonds. The van der Waals surface area contributed by atoms with Crippen LogP contribution >= 0.6 is 23.2 Å². The third-order valence-electron chi connectivity index (χ3n) is 2.71. The van der Waals surface area contributed by atoms with E-state index >= 15 is 0 Å². The molecule has 0 aliphatic carbocycles. The molecule has 6 N–H and O–H groups in total. The molecule has 2 aromatic rings. The summed E-state index contributed by atoms with van der Waals surface area (Å²) in [6.45, 7) is 0.